The van der Waals surface area contributed by atoms with E-state index < -0.39 is 0 Å². The fraction of sp³-hybridized carbons (Fsp3) is 0.900. The van der Waals surface area contributed by atoms with Crippen molar-refractivity contribution in [2.75, 3.05) is 0 Å². The van der Waals surface area contributed by atoms with Gasteiger partial charge in [-0.3, -0.25) is 4.79 Å². The van der Waals surface area contributed by atoms with Crippen molar-refractivity contribution in [2.24, 2.45) is 5.10 Å². The molecule has 1 fully saturated rings. The maximum atomic E-state index is 11.9. The number of carbonyl (C=O) groups excluding carboxylic acids is 1. The van der Waals surface area contributed by atoms with Crippen LogP contribution in [0.1, 0.15) is 116 Å². The highest BCUT2D eigenvalue weighted by molar-refractivity contribution is 5.86. The van der Waals surface area contributed by atoms with Crippen molar-refractivity contribution in [3.05, 3.63) is 0 Å². The zero-order chi connectivity index (χ0) is 16.6. The van der Waals surface area contributed by atoms with Crippen LogP contribution < -0.4 is 5.43 Å². The summed E-state index contributed by atoms with van der Waals surface area (Å²) < 4.78 is 0. The molecule has 1 N–H and O–H groups in total. The normalized spacial score (nSPS) is 17.9. The molecule has 0 saturated heterocycles. The number of carbonyl (C=O) groups is 1. The van der Waals surface area contributed by atoms with Crippen LogP contribution in [0.3, 0.4) is 0 Å². The third kappa shape index (κ3) is 12.3. The molecule has 0 aliphatic heterocycles. The third-order valence-corrected chi connectivity index (χ3v) is 4.78. The highest BCUT2D eigenvalue weighted by Crippen LogP contribution is 2.15. The fourth-order valence-corrected chi connectivity index (χ4v) is 3.22. The molecule has 0 heterocycles. The summed E-state index contributed by atoms with van der Waals surface area (Å²) in [6, 6.07) is 0. The largest absolute Gasteiger partial charge is 0.273 e. The molecule has 0 spiro atoms. The van der Waals surface area contributed by atoms with Gasteiger partial charge in [-0.1, -0.05) is 77.6 Å². The Labute approximate surface area is 143 Å². The summed E-state index contributed by atoms with van der Waals surface area (Å²) >= 11 is 0. The Hall–Kier alpha value is -0.860. The first-order valence-corrected chi connectivity index (χ1v) is 10.2. The number of nitrogens with one attached hydrogen (secondary N) is 1. The molecule has 1 aliphatic carbocycles. The third-order valence-electron chi connectivity index (χ3n) is 4.78. The fourth-order valence-electron chi connectivity index (χ4n) is 3.22. The Morgan fingerprint density at radius 3 is 1.91 bits per heavy atom. The molecule has 1 amide bonds. The molecule has 3 heteroatoms. The smallest absolute Gasteiger partial charge is 0.240 e. The summed E-state index contributed by atoms with van der Waals surface area (Å²) in [5.74, 6) is 0.0973. The lowest BCUT2D eigenvalue weighted by atomic mass is 10.00. The number of unbranched alkanes of at least 4 members (excludes halogenated alkanes) is 4. The molecule has 0 aromatic carbocycles. The minimum atomic E-state index is 0.0973. The van der Waals surface area contributed by atoms with E-state index in [9.17, 15) is 4.79 Å². The van der Waals surface area contributed by atoms with Crippen molar-refractivity contribution in [1.29, 1.82) is 0 Å². The monoisotopic (exact) mass is 322 g/mol. The molecule has 134 valence electrons. The van der Waals surface area contributed by atoms with Gasteiger partial charge in [0.25, 0.3) is 0 Å². The van der Waals surface area contributed by atoms with Crippen molar-refractivity contribution < 1.29 is 4.79 Å². The number of amides is 1. The van der Waals surface area contributed by atoms with E-state index in [2.05, 4.69) is 17.5 Å². The second-order valence-electron chi connectivity index (χ2n) is 7.06. The molecule has 1 aliphatic rings. The summed E-state index contributed by atoms with van der Waals surface area (Å²) in [4.78, 5) is 11.9. The Kier molecular flexibility index (Phi) is 12.9. The second kappa shape index (κ2) is 14.7. The van der Waals surface area contributed by atoms with Crippen LogP contribution in [0.15, 0.2) is 5.10 Å². The van der Waals surface area contributed by atoms with Crippen molar-refractivity contribution in [3.8, 4) is 0 Å². The molecule has 0 bridgehead atoms. The van der Waals surface area contributed by atoms with E-state index in [-0.39, 0.29) is 5.91 Å². The number of rotatable bonds is 7. The van der Waals surface area contributed by atoms with Crippen LogP contribution in [0.4, 0.5) is 0 Å². The van der Waals surface area contributed by atoms with Crippen LogP contribution in [-0.2, 0) is 4.79 Å². The van der Waals surface area contributed by atoms with Gasteiger partial charge in [0.05, 0.1) is 0 Å². The van der Waals surface area contributed by atoms with E-state index in [1.165, 1.54) is 82.8 Å². The molecule has 1 rings (SSSR count). The molecular formula is C20H38N2O. The van der Waals surface area contributed by atoms with E-state index in [0.717, 1.165) is 25.7 Å². The zero-order valence-corrected chi connectivity index (χ0v) is 15.4. The van der Waals surface area contributed by atoms with Gasteiger partial charge in [-0.25, -0.2) is 5.43 Å². The number of hydrazone groups is 1. The van der Waals surface area contributed by atoms with E-state index in [0.29, 0.717) is 6.42 Å². The van der Waals surface area contributed by atoms with Crippen LogP contribution in [0.2, 0.25) is 0 Å². The SMILES string of the molecule is CCCCCCCC(=O)NN=C1CCCCCCCCCCC1. The standard InChI is InChI=1S/C20H38N2O/c1-2-3-4-10-15-18-20(23)22-21-19-16-13-11-8-6-5-7-9-12-14-17-19/h2-18H2,1H3,(H,22,23). The van der Waals surface area contributed by atoms with Gasteiger partial charge < -0.3 is 0 Å². The average molecular weight is 323 g/mol. The highest BCUT2D eigenvalue weighted by Gasteiger charge is 2.05. The van der Waals surface area contributed by atoms with Gasteiger partial charge in [-0.15, -0.1) is 0 Å². The molecule has 0 aromatic heterocycles. The highest BCUT2D eigenvalue weighted by atomic mass is 16.2. The van der Waals surface area contributed by atoms with E-state index in [1.54, 1.807) is 0 Å². The van der Waals surface area contributed by atoms with Crippen LogP contribution >= 0.6 is 0 Å². The van der Waals surface area contributed by atoms with Crippen molar-refractivity contribution >= 4 is 11.6 Å². The van der Waals surface area contributed by atoms with Gasteiger partial charge in [0.2, 0.25) is 5.91 Å². The predicted octanol–water partition coefficient (Wildman–Crippen LogP) is 6.12. The van der Waals surface area contributed by atoms with Gasteiger partial charge in [-0.05, 0) is 32.1 Å². The Balaban J connectivity index is 2.24. The molecule has 23 heavy (non-hydrogen) atoms. The van der Waals surface area contributed by atoms with Gasteiger partial charge >= 0.3 is 0 Å². The topological polar surface area (TPSA) is 41.5 Å². The van der Waals surface area contributed by atoms with Crippen LogP contribution in [0.25, 0.3) is 0 Å². The minimum Gasteiger partial charge on any atom is -0.273 e. The lowest BCUT2D eigenvalue weighted by Crippen LogP contribution is -2.19. The Bertz CT molecular complexity index is 312. The maximum Gasteiger partial charge on any atom is 0.240 e. The van der Waals surface area contributed by atoms with E-state index in [1.807, 2.05) is 0 Å². The quantitative estimate of drug-likeness (QED) is 0.445. The summed E-state index contributed by atoms with van der Waals surface area (Å²) in [6.07, 6.45) is 20.7. The van der Waals surface area contributed by atoms with E-state index in [4.69, 9.17) is 0 Å². The van der Waals surface area contributed by atoms with Crippen molar-refractivity contribution in [1.82, 2.24) is 5.43 Å². The summed E-state index contributed by atoms with van der Waals surface area (Å²) in [5, 5.41) is 4.44. The first-order valence-electron chi connectivity index (χ1n) is 10.2. The van der Waals surface area contributed by atoms with Crippen LogP contribution in [0.5, 0.6) is 0 Å². The minimum absolute atomic E-state index is 0.0973. The van der Waals surface area contributed by atoms with Gasteiger partial charge in [0.1, 0.15) is 0 Å². The molecule has 1 saturated carbocycles. The summed E-state index contributed by atoms with van der Waals surface area (Å²) in [7, 11) is 0. The average Bonchev–Trinajstić information content (AvgIpc) is 2.54. The molecular weight excluding hydrogens is 284 g/mol. The van der Waals surface area contributed by atoms with E-state index >= 15 is 0 Å². The molecule has 0 aromatic rings. The zero-order valence-electron chi connectivity index (χ0n) is 15.4. The first kappa shape index (κ1) is 20.2. The maximum absolute atomic E-state index is 11.9. The lowest BCUT2D eigenvalue weighted by molar-refractivity contribution is -0.121. The predicted molar refractivity (Wildman–Crippen MR) is 99.7 cm³/mol. The Morgan fingerprint density at radius 1 is 0.826 bits per heavy atom. The summed E-state index contributed by atoms with van der Waals surface area (Å²) in [6.45, 7) is 2.21. The number of nitrogens with zero attached hydrogens (tertiary/aromatic N) is 1. The number of hydrogen-bond acceptors (Lipinski definition) is 2. The molecule has 0 unspecified atom stereocenters. The Morgan fingerprint density at radius 2 is 1.35 bits per heavy atom. The summed E-state index contributed by atoms with van der Waals surface area (Å²) in [5.41, 5.74) is 4.02. The van der Waals surface area contributed by atoms with Gasteiger partial charge in [0.15, 0.2) is 0 Å². The number of hydrogen-bond donors (Lipinski definition) is 1. The van der Waals surface area contributed by atoms with Gasteiger partial charge in [-0.2, -0.15) is 5.10 Å². The van der Waals surface area contributed by atoms with Gasteiger partial charge in [0, 0.05) is 12.1 Å². The van der Waals surface area contributed by atoms with Crippen LogP contribution in [0, 0.1) is 0 Å². The molecule has 0 atom stereocenters. The van der Waals surface area contributed by atoms with Crippen LogP contribution in [-0.4, -0.2) is 11.6 Å². The first-order chi connectivity index (χ1) is 11.3. The van der Waals surface area contributed by atoms with Crippen molar-refractivity contribution in [3.63, 3.8) is 0 Å². The lowest BCUT2D eigenvalue weighted by Gasteiger charge is -2.09. The molecule has 0 radical (unpaired) electrons. The second-order valence-corrected chi connectivity index (χ2v) is 7.06. The molecule has 3 nitrogen and oxygen atoms in total. The van der Waals surface area contributed by atoms with Crippen molar-refractivity contribution in [2.45, 2.75) is 116 Å².